The molecular formula is C40H50F2N2O9S. The summed E-state index contributed by atoms with van der Waals surface area (Å²) in [6.45, 7) is 1.41. The lowest BCUT2D eigenvalue weighted by Gasteiger charge is -2.33. The summed E-state index contributed by atoms with van der Waals surface area (Å²) in [5.74, 6) is -1.43. The number of rotatable bonds is 10. The van der Waals surface area contributed by atoms with Gasteiger partial charge >= 0.3 is 5.97 Å². The van der Waals surface area contributed by atoms with Gasteiger partial charge in [-0.3, -0.25) is 4.79 Å². The summed E-state index contributed by atoms with van der Waals surface area (Å²) in [4.78, 5) is 18.4. The van der Waals surface area contributed by atoms with E-state index in [0.717, 1.165) is 51.0 Å². The van der Waals surface area contributed by atoms with Crippen LogP contribution in [-0.4, -0.2) is 80.2 Å². The first kappa shape index (κ1) is 37.9. The molecule has 0 amide bonds. The lowest BCUT2D eigenvalue weighted by atomic mass is 9.86. The molecule has 2 aliphatic carbocycles. The fourth-order valence-electron chi connectivity index (χ4n) is 9.03. The Morgan fingerprint density at radius 2 is 1.80 bits per heavy atom. The van der Waals surface area contributed by atoms with E-state index in [1.807, 2.05) is 0 Å². The molecule has 54 heavy (non-hydrogen) atoms. The van der Waals surface area contributed by atoms with E-state index >= 15 is 0 Å². The second-order valence-corrected chi connectivity index (χ2v) is 17.9. The van der Waals surface area contributed by atoms with Crippen LogP contribution in [0.2, 0.25) is 0 Å². The molecule has 7 atom stereocenters. The van der Waals surface area contributed by atoms with E-state index < -0.39 is 39.6 Å². The van der Waals surface area contributed by atoms with Gasteiger partial charge in [-0.15, -0.1) is 0 Å². The van der Waals surface area contributed by atoms with Crippen LogP contribution in [-0.2, 0) is 53.2 Å². The van der Waals surface area contributed by atoms with Gasteiger partial charge in [0.25, 0.3) is 0 Å². The molecule has 5 aliphatic rings. The zero-order chi connectivity index (χ0) is 37.4. The maximum Gasteiger partial charge on any atom is 0.306 e. The predicted octanol–water partition coefficient (Wildman–Crippen LogP) is 6.08. The highest BCUT2D eigenvalue weighted by Crippen LogP contribution is 2.50. The largest absolute Gasteiger partial charge is 0.462 e. The van der Waals surface area contributed by atoms with Crippen molar-refractivity contribution in [1.82, 2.24) is 9.29 Å². The third-order valence-corrected chi connectivity index (χ3v) is 13.9. The fourth-order valence-corrected chi connectivity index (χ4v) is 10.7. The average molecular weight is 773 g/mol. The molecule has 4 heterocycles. The van der Waals surface area contributed by atoms with Crippen LogP contribution in [0.5, 0.6) is 0 Å². The Morgan fingerprint density at radius 3 is 2.61 bits per heavy atom. The quantitative estimate of drug-likeness (QED) is 0.242. The summed E-state index contributed by atoms with van der Waals surface area (Å²) >= 11 is 0. The van der Waals surface area contributed by atoms with Crippen LogP contribution in [0.25, 0.3) is 11.1 Å². The van der Waals surface area contributed by atoms with Gasteiger partial charge in [0.15, 0.2) is 17.8 Å². The van der Waals surface area contributed by atoms with Crippen molar-refractivity contribution >= 4 is 27.1 Å². The van der Waals surface area contributed by atoms with E-state index in [-0.39, 0.29) is 73.1 Å². The van der Waals surface area contributed by atoms with E-state index in [1.165, 1.54) is 22.5 Å². The molecule has 2 saturated carbocycles. The first-order valence-corrected chi connectivity index (χ1v) is 21.1. The van der Waals surface area contributed by atoms with E-state index in [9.17, 15) is 27.1 Å². The number of halogens is 2. The summed E-state index contributed by atoms with van der Waals surface area (Å²) in [7, 11) is -4.25. The number of hydrogen-bond donors (Lipinski definition) is 1. The molecule has 3 aromatic rings. The number of β-amino-alcohol motifs (C(OH)–C–C–N with tert-alkyl or cyclic N) is 1. The molecule has 0 unspecified atom stereocenters. The number of aliphatic hydroxyl groups is 1. The minimum Gasteiger partial charge on any atom is -0.462 e. The van der Waals surface area contributed by atoms with Crippen molar-refractivity contribution in [2.24, 2.45) is 29.6 Å². The molecule has 0 bridgehead atoms. The molecule has 1 N–H and O–H groups in total. The number of hydrogen-bond acceptors (Lipinski definition) is 10. The monoisotopic (exact) mass is 772 g/mol. The van der Waals surface area contributed by atoms with Gasteiger partial charge < -0.3 is 28.5 Å². The number of carbonyl (C=O) groups excluding carboxylic acids is 1. The number of oxazole rings is 1. The number of nitrogens with zero attached hydrogens (tertiary/aromatic N) is 2. The number of fused-ring (bicyclic) bond motifs is 2. The highest BCUT2D eigenvalue weighted by molar-refractivity contribution is 7.89. The number of ether oxygens (including phenoxy) is 4. The minimum absolute atomic E-state index is 0.0178. The van der Waals surface area contributed by atoms with Crippen LogP contribution < -0.4 is 0 Å². The van der Waals surface area contributed by atoms with Crippen LogP contribution in [0.1, 0.15) is 81.2 Å². The Labute approximate surface area is 314 Å². The molecule has 8 rings (SSSR count). The van der Waals surface area contributed by atoms with Gasteiger partial charge in [-0.25, -0.2) is 22.2 Å². The molecule has 11 nitrogen and oxygen atoms in total. The summed E-state index contributed by atoms with van der Waals surface area (Å²) in [6.07, 6.45) is 6.02. The van der Waals surface area contributed by atoms with Crippen LogP contribution in [0.3, 0.4) is 0 Å². The molecule has 2 aromatic carbocycles. The summed E-state index contributed by atoms with van der Waals surface area (Å²) < 4.78 is 89.1. The number of esters is 1. The molecular weight excluding hydrogens is 723 g/mol. The maximum absolute atomic E-state index is 14.7. The zero-order valence-electron chi connectivity index (χ0n) is 30.5. The smallest absolute Gasteiger partial charge is 0.306 e. The lowest BCUT2D eigenvalue weighted by Crippen LogP contribution is -2.42. The Hall–Kier alpha value is -3.01. The Morgan fingerprint density at radius 1 is 1.00 bits per heavy atom. The average Bonchev–Trinajstić information content (AvgIpc) is 3.54. The fraction of sp³-hybridized carbons (Fsp3) is 0.650. The van der Waals surface area contributed by atoms with Crippen molar-refractivity contribution in [2.45, 2.75) is 107 Å². The zero-order valence-corrected chi connectivity index (χ0v) is 31.3. The molecule has 3 aliphatic heterocycles. The minimum atomic E-state index is -4.25. The lowest BCUT2D eigenvalue weighted by molar-refractivity contribution is -0.182. The highest BCUT2D eigenvalue weighted by atomic mass is 32.2. The third-order valence-electron chi connectivity index (χ3n) is 12.0. The van der Waals surface area contributed by atoms with Gasteiger partial charge in [0.1, 0.15) is 23.3 Å². The van der Waals surface area contributed by atoms with Crippen molar-refractivity contribution in [3.05, 3.63) is 59.0 Å². The number of aliphatic hydroxyl groups excluding tert-OH is 1. The van der Waals surface area contributed by atoms with Crippen molar-refractivity contribution in [1.29, 1.82) is 0 Å². The third kappa shape index (κ3) is 8.53. The Balaban J connectivity index is 1.06. The van der Waals surface area contributed by atoms with Gasteiger partial charge in [-0.1, -0.05) is 19.3 Å². The normalized spacial score (nSPS) is 28.7. The highest BCUT2D eigenvalue weighted by Gasteiger charge is 2.55. The molecule has 14 heteroatoms. The standard InChI is InChI=1S/C40H50F2N2O9S/c41-29-13-25(14-30(42)19-29)12-26(18-38(46)53-34-17-28-23-51-40-39(28)31(34)8-11-50-40)33(45)21-44-9-4-2-1-3-5-10-49-22-27-16-32-35(20-36(27)54(44,47)48)52-37(43-32)15-24-6-7-24/h13-14,16,19-20,24,26,28,31,33-34,39-40,45H,1-12,15,17-18,21-23H2/t26-,28-,31-,33-,34-,39+,40+/m1/s1. The molecule has 0 spiro atoms. The second kappa shape index (κ2) is 16.2. The number of benzene rings is 2. The summed E-state index contributed by atoms with van der Waals surface area (Å²) in [6, 6.07) is 6.33. The molecule has 4 fully saturated rings. The van der Waals surface area contributed by atoms with Crippen molar-refractivity contribution < 1.29 is 50.5 Å². The summed E-state index contributed by atoms with van der Waals surface area (Å²) in [5, 5.41) is 11.9. The van der Waals surface area contributed by atoms with Gasteiger partial charge in [0.05, 0.1) is 37.2 Å². The molecule has 1 aromatic heterocycles. The van der Waals surface area contributed by atoms with Crippen molar-refractivity contribution in [2.75, 3.05) is 32.9 Å². The molecule has 294 valence electrons. The predicted molar refractivity (Wildman–Crippen MR) is 191 cm³/mol. The number of carbonyl (C=O) groups is 1. The second-order valence-electron chi connectivity index (χ2n) is 16.0. The van der Waals surface area contributed by atoms with Crippen LogP contribution in [0.4, 0.5) is 8.78 Å². The van der Waals surface area contributed by atoms with Gasteiger partial charge in [0, 0.05) is 61.6 Å². The maximum atomic E-state index is 14.7. The SMILES string of the molecule is O=C(C[C@@H](Cc1cc(F)cc(F)c1)[C@H](O)CN1CCCCCCCOCc2cc3nc(CC4CC4)oc3cc2S1(=O)=O)O[C@@H]1C[C@@H]2CO[C@@H]3OCC[C@H]1[C@H]23. The summed E-state index contributed by atoms with van der Waals surface area (Å²) in [5.41, 5.74) is 1.62. The van der Waals surface area contributed by atoms with Crippen LogP contribution in [0.15, 0.2) is 39.6 Å². The van der Waals surface area contributed by atoms with Crippen LogP contribution in [0, 0.1) is 41.2 Å². The van der Waals surface area contributed by atoms with Gasteiger partial charge in [-0.2, -0.15) is 4.31 Å². The number of aromatic nitrogens is 1. The topological polar surface area (TPSA) is 138 Å². The van der Waals surface area contributed by atoms with E-state index in [2.05, 4.69) is 4.98 Å². The van der Waals surface area contributed by atoms with E-state index in [4.69, 9.17) is 23.4 Å². The van der Waals surface area contributed by atoms with Gasteiger partial charge in [-0.05, 0) is 80.5 Å². The number of sulfonamides is 1. The van der Waals surface area contributed by atoms with Crippen molar-refractivity contribution in [3.63, 3.8) is 0 Å². The molecule has 2 saturated heterocycles. The first-order chi connectivity index (χ1) is 26.1. The van der Waals surface area contributed by atoms with E-state index in [1.54, 1.807) is 6.07 Å². The van der Waals surface area contributed by atoms with Gasteiger partial charge in [0.2, 0.25) is 10.0 Å². The molecule has 0 radical (unpaired) electrons. The van der Waals surface area contributed by atoms with Crippen LogP contribution >= 0.6 is 0 Å². The van der Waals surface area contributed by atoms with Crippen molar-refractivity contribution in [3.8, 4) is 0 Å². The Kier molecular flexibility index (Phi) is 11.4. The van der Waals surface area contributed by atoms with E-state index in [0.29, 0.717) is 67.6 Å². The first-order valence-electron chi connectivity index (χ1n) is 19.7. The Bertz CT molecular complexity index is 1900.